The SMILES string of the molecule is CC(C)CCCCCCCCCCCCCCCCCCC(=O)OC[C@H](COP(=O)(O)OC[C@@H](O)COP(=O)(O)OC[C@@H](COC(=O)CCCCCCCCC(C)C)OC(=O)CCCCCCCCCCC(C)C)OC(=O)CCCCCCCCCCCCC(C)C. The van der Waals surface area contributed by atoms with Crippen molar-refractivity contribution in [1.29, 1.82) is 0 Å². The maximum absolute atomic E-state index is 13.0. The van der Waals surface area contributed by atoms with Gasteiger partial charge >= 0.3 is 39.5 Å². The Morgan fingerprint density at radius 1 is 0.272 bits per heavy atom. The van der Waals surface area contributed by atoms with Crippen molar-refractivity contribution in [1.82, 2.24) is 0 Å². The van der Waals surface area contributed by atoms with E-state index in [1.165, 1.54) is 161 Å². The number of aliphatic hydroxyl groups is 1. The van der Waals surface area contributed by atoms with Crippen molar-refractivity contribution in [3.63, 3.8) is 0 Å². The molecule has 0 aliphatic carbocycles. The van der Waals surface area contributed by atoms with Crippen molar-refractivity contribution >= 4 is 39.5 Å². The van der Waals surface area contributed by atoms with Crippen LogP contribution in [0.3, 0.4) is 0 Å². The van der Waals surface area contributed by atoms with Gasteiger partial charge in [0, 0.05) is 25.7 Å². The zero-order valence-electron chi connectivity index (χ0n) is 60.2. The van der Waals surface area contributed by atoms with Crippen molar-refractivity contribution in [2.45, 2.75) is 382 Å². The second-order valence-corrected chi connectivity index (χ2v) is 31.1. The van der Waals surface area contributed by atoms with Gasteiger partial charge < -0.3 is 33.8 Å². The van der Waals surface area contributed by atoms with Crippen molar-refractivity contribution in [2.24, 2.45) is 23.7 Å². The molecule has 3 N–H and O–H groups in total. The molecule has 17 nitrogen and oxygen atoms in total. The summed E-state index contributed by atoms with van der Waals surface area (Å²) in [7, 11) is -9.91. The summed E-state index contributed by atoms with van der Waals surface area (Å²) >= 11 is 0. The van der Waals surface area contributed by atoms with Crippen molar-refractivity contribution in [2.75, 3.05) is 39.6 Å². The first-order chi connectivity index (χ1) is 44.1. The van der Waals surface area contributed by atoms with E-state index in [-0.39, 0.29) is 25.7 Å². The molecule has 92 heavy (non-hydrogen) atoms. The predicted molar refractivity (Wildman–Crippen MR) is 372 cm³/mol. The molecule has 0 aliphatic heterocycles. The summed E-state index contributed by atoms with van der Waals surface area (Å²) < 4.78 is 68.3. The van der Waals surface area contributed by atoms with Crippen LogP contribution in [0.1, 0.15) is 364 Å². The number of hydrogen-bond donors (Lipinski definition) is 3. The Kier molecular flexibility index (Phi) is 61.3. The van der Waals surface area contributed by atoms with Crippen LogP contribution in [0, 0.1) is 23.7 Å². The lowest BCUT2D eigenvalue weighted by Gasteiger charge is -2.21. The van der Waals surface area contributed by atoms with Gasteiger partial charge in [0.25, 0.3) is 0 Å². The Bertz CT molecular complexity index is 1820. The number of hydrogen-bond acceptors (Lipinski definition) is 15. The molecule has 0 amide bonds. The summed E-state index contributed by atoms with van der Waals surface area (Å²) in [4.78, 5) is 72.6. The van der Waals surface area contributed by atoms with Crippen LogP contribution in [-0.4, -0.2) is 96.7 Å². The summed E-state index contributed by atoms with van der Waals surface area (Å²) in [5, 5.41) is 10.6. The smallest absolute Gasteiger partial charge is 0.462 e. The van der Waals surface area contributed by atoms with Gasteiger partial charge in [-0.2, -0.15) is 0 Å². The minimum absolute atomic E-state index is 0.103. The Morgan fingerprint density at radius 2 is 0.457 bits per heavy atom. The van der Waals surface area contributed by atoms with Crippen LogP contribution in [0.4, 0.5) is 0 Å². The van der Waals surface area contributed by atoms with E-state index in [4.69, 9.17) is 37.0 Å². The number of esters is 4. The summed E-state index contributed by atoms with van der Waals surface area (Å²) in [6.45, 7) is 14.1. The van der Waals surface area contributed by atoms with E-state index in [2.05, 4.69) is 55.4 Å². The molecule has 0 saturated heterocycles. The van der Waals surface area contributed by atoms with Crippen LogP contribution in [-0.2, 0) is 65.4 Å². The number of aliphatic hydroxyl groups excluding tert-OH is 1. The molecule has 0 heterocycles. The molecule has 0 saturated carbocycles. The highest BCUT2D eigenvalue weighted by atomic mass is 31.2. The molecule has 0 aromatic heterocycles. The highest BCUT2D eigenvalue weighted by Gasteiger charge is 2.30. The van der Waals surface area contributed by atoms with Gasteiger partial charge in [-0.3, -0.25) is 37.3 Å². The van der Waals surface area contributed by atoms with Gasteiger partial charge in [0.05, 0.1) is 26.4 Å². The molecule has 546 valence electrons. The van der Waals surface area contributed by atoms with Crippen LogP contribution >= 0.6 is 15.6 Å². The largest absolute Gasteiger partial charge is 0.472 e. The average molecular weight is 1350 g/mol. The fourth-order valence-electron chi connectivity index (χ4n) is 11.0. The molecule has 0 rings (SSSR count). The van der Waals surface area contributed by atoms with E-state index in [1.54, 1.807) is 0 Å². The van der Waals surface area contributed by atoms with Crippen LogP contribution in [0.2, 0.25) is 0 Å². The van der Waals surface area contributed by atoms with Crippen molar-refractivity contribution < 1.29 is 80.2 Å². The van der Waals surface area contributed by atoms with Gasteiger partial charge in [-0.15, -0.1) is 0 Å². The third-order valence-corrected chi connectivity index (χ3v) is 18.7. The second kappa shape index (κ2) is 62.6. The fraction of sp³-hybridized carbons (Fsp3) is 0.945. The molecule has 0 bridgehead atoms. The summed E-state index contributed by atoms with van der Waals surface area (Å²) in [5.74, 6) is 0.833. The normalized spacial score (nSPS) is 14.2. The number of phosphoric acid groups is 2. The minimum Gasteiger partial charge on any atom is -0.462 e. The van der Waals surface area contributed by atoms with Crippen LogP contribution in [0.15, 0.2) is 0 Å². The third kappa shape index (κ3) is 66.7. The Balaban J connectivity index is 5.20. The molecule has 0 aromatic rings. The quantitative estimate of drug-likeness (QED) is 0.0222. The molecule has 2 unspecified atom stereocenters. The van der Waals surface area contributed by atoms with E-state index in [0.717, 1.165) is 114 Å². The highest BCUT2D eigenvalue weighted by molar-refractivity contribution is 7.47. The molecule has 0 aromatic carbocycles. The lowest BCUT2D eigenvalue weighted by Crippen LogP contribution is -2.30. The van der Waals surface area contributed by atoms with Crippen LogP contribution in [0.25, 0.3) is 0 Å². The molecular formula is C73H142O17P2. The maximum atomic E-state index is 13.0. The van der Waals surface area contributed by atoms with Crippen molar-refractivity contribution in [3.05, 3.63) is 0 Å². The van der Waals surface area contributed by atoms with E-state index in [9.17, 15) is 43.2 Å². The van der Waals surface area contributed by atoms with Gasteiger partial charge in [-0.05, 0) is 49.4 Å². The molecule has 0 aliphatic rings. The highest BCUT2D eigenvalue weighted by Crippen LogP contribution is 2.45. The average Bonchev–Trinajstić information content (AvgIpc) is 3.35. The second-order valence-electron chi connectivity index (χ2n) is 28.2. The van der Waals surface area contributed by atoms with Gasteiger partial charge in [-0.25, -0.2) is 9.13 Å². The van der Waals surface area contributed by atoms with E-state index >= 15 is 0 Å². The van der Waals surface area contributed by atoms with E-state index in [0.29, 0.717) is 31.6 Å². The predicted octanol–water partition coefficient (Wildman–Crippen LogP) is 20.9. The van der Waals surface area contributed by atoms with Crippen molar-refractivity contribution in [3.8, 4) is 0 Å². The van der Waals surface area contributed by atoms with Gasteiger partial charge in [-0.1, -0.05) is 312 Å². The first-order valence-electron chi connectivity index (χ1n) is 37.7. The fourth-order valence-corrected chi connectivity index (χ4v) is 12.6. The number of carbonyl (C=O) groups is 4. The Hall–Kier alpha value is -1.94. The summed E-state index contributed by atoms with van der Waals surface area (Å²) in [6, 6.07) is 0. The van der Waals surface area contributed by atoms with E-state index in [1.807, 2.05) is 0 Å². The lowest BCUT2D eigenvalue weighted by atomic mass is 10.0. The standard InChI is InChI=1S/C73H142O17P2/c1-63(2)49-41-33-25-19-15-13-11-9-10-12-14-16-21-28-37-45-53-70(75)83-59-68(89-72(77)55-47-39-29-22-18-17-20-26-34-42-50-64(3)4)61-87-91(79,80)85-57-67(74)58-86-92(81,82)88-62-69(60-84-71(76)54-46-38-32-31-36-44-52-66(7)8)90-73(78)56-48-40-30-24-23-27-35-43-51-65(5)6/h63-69,74H,9-62H2,1-8H3,(H,79,80)(H,81,82)/t67-,68-,69-/m1/s1. The Labute approximate surface area is 562 Å². The van der Waals surface area contributed by atoms with E-state index < -0.39 is 97.5 Å². The first kappa shape index (κ1) is 90.1. The zero-order chi connectivity index (χ0) is 68.2. The summed E-state index contributed by atoms with van der Waals surface area (Å²) in [5.41, 5.74) is 0. The number of phosphoric ester groups is 2. The van der Waals surface area contributed by atoms with Gasteiger partial charge in [0.2, 0.25) is 0 Å². The van der Waals surface area contributed by atoms with Gasteiger partial charge in [0.15, 0.2) is 12.2 Å². The molecule has 0 spiro atoms. The number of rotatable bonds is 70. The zero-order valence-corrected chi connectivity index (χ0v) is 62.0. The van der Waals surface area contributed by atoms with Gasteiger partial charge in [0.1, 0.15) is 19.3 Å². The Morgan fingerprint density at radius 3 is 0.674 bits per heavy atom. The molecule has 5 atom stereocenters. The number of ether oxygens (including phenoxy) is 4. The molecule has 19 heteroatoms. The summed E-state index contributed by atoms with van der Waals surface area (Å²) in [6.07, 6.45) is 46.1. The third-order valence-electron chi connectivity index (χ3n) is 16.8. The van der Waals surface area contributed by atoms with Crippen LogP contribution < -0.4 is 0 Å². The topological polar surface area (TPSA) is 237 Å². The molecular weight excluding hydrogens is 1210 g/mol. The number of unbranched alkanes of at least 4 members (excludes halogenated alkanes) is 36. The minimum atomic E-state index is -4.95. The molecule has 0 fully saturated rings. The maximum Gasteiger partial charge on any atom is 0.472 e. The molecule has 0 radical (unpaired) electrons. The lowest BCUT2D eigenvalue weighted by molar-refractivity contribution is -0.161. The van der Waals surface area contributed by atoms with Crippen LogP contribution in [0.5, 0.6) is 0 Å². The first-order valence-corrected chi connectivity index (χ1v) is 40.7. The number of carbonyl (C=O) groups excluding carboxylic acids is 4. The monoisotopic (exact) mass is 1350 g/mol.